The normalized spacial score (nSPS) is 50.8. The van der Waals surface area contributed by atoms with Crippen molar-refractivity contribution in [1.82, 2.24) is 4.90 Å². The molecule has 1 N–H and O–H groups in total. The van der Waals surface area contributed by atoms with Gasteiger partial charge in [-0.1, -0.05) is 13.8 Å². The molecule has 80 valence electrons. The number of hydrogen-bond donors (Lipinski definition) is 1. The van der Waals surface area contributed by atoms with Crippen molar-refractivity contribution in [3.8, 4) is 0 Å². The highest BCUT2D eigenvalue weighted by Gasteiger charge is 2.62. The third-order valence-electron chi connectivity index (χ3n) is 5.06. The molecule has 4 atom stereocenters. The second-order valence-electron chi connectivity index (χ2n) is 6.05. The maximum absolute atomic E-state index is 9.84. The number of nitrogens with zero attached hydrogens (tertiary/aromatic N) is 1. The first-order valence-corrected chi connectivity index (χ1v) is 6.03. The fourth-order valence-electron chi connectivity index (χ4n) is 3.78. The molecule has 1 heterocycles. The fourth-order valence-corrected chi connectivity index (χ4v) is 3.78. The van der Waals surface area contributed by atoms with Crippen molar-refractivity contribution >= 4 is 0 Å². The molecular weight excluding hydrogens is 174 g/mol. The van der Waals surface area contributed by atoms with Crippen LogP contribution in [-0.4, -0.2) is 35.2 Å². The predicted octanol–water partition coefficient (Wildman–Crippen LogP) is 1.49. The lowest BCUT2D eigenvalue weighted by Gasteiger charge is -2.30. The van der Waals surface area contributed by atoms with E-state index in [1.807, 2.05) is 0 Å². The largest absolute Gasteiger partial charge is 0.391 e. The molecule has 3 fully saturated rings. The van der Waals surface area contributed by atoms with Crippen LogP contribution in [0.3, 0.4) is 0 Å². The predicted molar refractivity (Wildman–Crippen MR) is 56.0 cm³/mol. The Morgan fingerprint density at radius 2 is 1.79 bits per heavy atom. The minimum Gasteiger partial charge on any atom is -0.391 e. The molecule has 1 saturated heterocycles. The molecule has 0 amide bonds. The van der Waals surface area contributed by atoms with Crippen LogP contribution in [0.2, 0.25) is 0 Å². The van der Waals surface area contributed by atoms with Crippen LogP contribution in [0.25, 0.3) is 0 Å². The zero-order chi connectivity index (χ0) is 9.92. The van der Waals surface area contributed by atoms with E-state index in [1.54, 1.807) is 0 Å². The van der Waals surface area contributed by atoms with E-state index >= 15 is 0 Å². The van der Waals surface area contributed by atoms with Crippen molar-refractivity contribution in [1.29, 1.82) is 0 Å². The zero-order valence-electron chi connectivity index (χ0n) is 9.24. The van der Waals surface area contributed by atoms with E-state index in [-0.39, 0.29) is 6.10 Å². The van der Waals surface area contributed by atoms with Gasteiger partial charge in [0.15, 0.2) is 0 Å². The Kier molecular flexibility index (Phi) is 1.79. The van der Waals surface area contributed by atoms with Gasteiger partial charge in [0.2, 0.25) is 0 Å². The lowest BCUT2D eigenvalue weighted by Crippen LogP contribution is -2.41. The first kappa shape index (κ1) is 9.17. The van der Waals surface area contributed by atoms with E-state index in [9.17, 15) is 5.11 Å². The third-order valence-corrected chi connectivity index (χ3v) is 5.06. The van der Waals surface area contributed by atoms with Crippen LogP contribution in [0.4, 0.5) is 0 Å². The summed E-state index contributed by atoms with van der Waals surface area (Å²) in [5, 5.41) is 9.84. The Labute approximate surface area is 86.3 Å². The van der Waals surface area contributed by atoms with Crippen LogP contribution in [-0.2, 0) is 0 Å². The van der Waals surface area contributed by atoms with Gasteiger partial charge in [-0.15, -0.1) is 0 Å². The molecule has 0 bridgehead atoms. The Balaban J connectivity index is 1.63. The third kappa shape index (κ3) is 1.10. The number of aliphatic hydroxyl groups excluding tert-OH is 1. The van der Waals surface area contributed by atoms with Gasteiger partial charge in [0.1, 0.15) is 0 Å². The second kappa shape index (κ2) is 2.73. The highest BCUT2D eigenvalue weighted by Crippen LogP contribution is 2.62. The molecule has 0 radical (unpaired) electrons. The molecule has 2 saturated carbocycles. The van der Waals surface area contributed by atoms with Gasteiger partial charge >= 0.3 is 0 Å². The van der Waals surface area contributed by atoms with Crippen molar-refractivity contribution in [2.45, 2.75) is 45.3 Å². The van der Waals surface area contributed by atoms with E-state index in [1.165, 1.54) is 25.9 Å². The summed E-state index contributed by atoms with van der Waals surface area (Å²) >= 11 is 0. The summed E-state index contributed by atoms with van der Waals surface area (Å²) < 4.78 is 0. The van der Waals surface area contributed by atoms with E-state index in [0.717, 1.165) is 18.3 Å². The lowest BCUT2D eigenvalue weighted by molar-refractivity contribution is 0.0714. The lowest BCUT2D eigenvalue weighted by atomic mass is 10.0. The van der Waals surface area contributed by atoms with Crippen LogP contribution in [0.5, 0.6) is 0 Å². The highest BCUT2D eigenvalue weighted by molar-refractivity contribution is 5.12. The fraction of sp³-hybridized carbons (Fsp3) is 1.00. The Bertz CT molecular complexity index is 237. The second-order valence-corrected chi connectivity index (χ2v) is 6.05. The zero-order valence-corrected chi connectivity index (χ0v) is 9.24. The maximum atomic E-state index is 9.84. The van der Waals surface area contributed by atoms with Crippen LogP contribution in [0, 0.1) is 17.3 Å². The number of likely N-dealkylation sites (tertiary alicyclic amines) is 1. The van der Waals surface area contributed by atoms with Crippen LogP contribution < -0.4 is 0 Å². The summed E-state index contributed by atoms with van der Waals surface area (Å²) in [6.45, 7) is 7.29. The van der Waals surface area contributed by atoms with Crippen LogP contribution in [0.15, 0.2) is 0 Å². The summed E-state index contributed by atoms with van der Waals surface area (Å²) in [6, 6.07) is 0.499. The minimum absolute atomic E-state index is 0.0318. The van der Waals surface area contributed by atoms with Gasteiger partial charge in [0, 0.05) is 19.1 Å². The van der Waals surface area contributed by atoms with Crippen molar-refractivity contribution in [2.75, 3.05) is 13.1 Å². The molecular formula is C12H21NO. The molecule has 2 nitrogen and oxygen atoms in total. The number of piperidine rings is 1. The summed E-state index contributed by atoms with van der Waals surface area (Å²) in [4.78, 5) is 2.55. The van der Waals surface area contributed by atoms with E-state index < -0.39 is 0 Å². The maximum Gasteiger partial charge on any atom is 0.0695 e. The van der Waals surface area contributed by atoms with Gasteiger partial charge in [-0.2, -0.15) is 0 Å². The molecule has 0 aromatic rings. The molecule has 2 heteroatoms. The minimum atomic E-state index is -0.0318. The number of aliphatic hydroxyl groups is 1. The SMILES string of the molecule is CC1(C)C2CN([C@@H]3CCC[C@H]3O)CC21. The summed E-state index contributed by atoms with van der Waals surface area (Å²) in [6.07, 6.45) is 3.44. The van der Waals surface area contributed by atoms with E-state index in [2.05, 4.69) is 18.7 Å². The quantitative estimate of drug-likeness (QED) is 0.685. The molecule has 0 aromatic carbocycles. The van der Waals surface area contributed by atoms with Gasteiger partial charge in [-0.05, 0) is 36.5 Å². The summed E-state index contributed by atoms with van der Waals surface area (Å²) in [7, 11) is 0. The van der Waals surface area contributed by atoms with Crippen LogP contribution >= 0.6 is 0 Å². The van der Waals surface area contributed by atoms with Crippen LogP contribution in [0.1, 0.15) is 33.1 Å². The number of fused-ring (bicyclic) bond motifs is 1. The van der Waals surface area contributed by atoms with Gasteiger partial charge < -0.3 is 5.11 Å². The van der Waals surface area contributed by atoms with E-state index in [0.29, 0.717) is 11.5 Å². The number of rotatable bonds is 1. The Morgan fingerprint density at radius 3 is 2.29 bits per heavy atom. The van der Waals surface area contributed by atoms with Gasteiger partial charge in [-0.3, -0.25) is 4.90 Å². The molecule has 1 aliphatic heterocycles. The average Bonchev–Trinajstić information content (AvgIpc) is 2.61. The first-order valence-electron chi connectivity index (χ1n) is 6.03. The number of hydrogen-bond acceptors (Lipinski definition) is 2. The molecule has 2 aliphatic carbocycles. The Morgan fingerprint density at radius 1 is 1.14 bits per heavy atom. The smallest absolute Gasteiger partial charge is 0.0695 e. The molecule has 3 aliphatic rings. The summed E-state index contributed by atoms with van der Waals surface area (Å²) in [5.41, 5.74) is 0.611. The van der Waals surface area contributed by atoms with Crippen molar-refractivity contribution in [3.05, 3.63) is 0 Å². The standard InChI is InChI=1S/C12H21NO/c1-12(2)8-6-13(7-9(8)12)10-4-3-5-11(10)14/h8-11,14H,3-7H2,1-2H3/t8?,9?,10-,11-/m1/s1. The van der Waals surface area contributed by atoms with E-state index in [4.69, 9.17) is 0 Å². The highest BCUT2D eigenvalue weighted by atomic mass is 16.3. The van der Waals surface area contributed by atoms with Crippen molar-refractivity contribution in [3.63, 3.8) is 0 Å². The molecule has 3 rings (SSSR count). The van der Waals surface area contributed by atoms with Crippen molar-refractivity contribution < 1.29 is 5.11 Å². The molecule has 0 spiro atoms. The van der Waals surface area contributed by atoms with Gasteiger partial charge in [0.05, 0.1) is 6.10 Å². The Hall–Kier alpha value is -0.0800. The topological polar surface area (TPSA) is 23.5 Å². The first-order chi connectivity index (χ1) is 6.60. The molecule has 0 aromatic heterocycles. The molecule has 14 heavy (non-hydrogen) atoms. The van der Waals surface area contributed by atoms with Crippen molar-refractivity contribution in [2.24, 2.45) is 17.3 Å². The average molecular weight is 195 g/mol. The van der Waals surface area contributed by atoms with Gasteiger partial charge in [-0.25, -0.2) is 0 Å². The summed E-state index contributed by atoms with van der Waals surface area (Å²) in [5.74, 6) is 1.85. The molecule has 2 unspecified atom stereocenters. The monoisotopic (exact) mass is 195 g/mol. The van der Waals surface area contributed by atoms with Gasteiger partial charge in [0.25, 0.3) is 0 Å².